The van der Waals surface area contributed by atoms with E-state index >= 15 is 0 Å². The molecule has 0 saturated heterocycles. The predicted molar refractivity (Wildman–Crippen MR) is 105 cm³/mol. The van der Waals surface area contributed by atoms with Crippen LogP contribution in [0.15, 0.2) is 53.2 Å². The molecular weight excluding hydrogens is 370 g/mol. The Bertz CT molecular complexity index is 1120. The average Bonchev–Trinajstić information content (AvgIpc) is 3.45. The Morgan fingerprint density at radius 2 is 1.93 bits per heavy atom. The highest BCUT2D eigenvalue weighted by Gasteiger charge is 2.32. The van der Waals surface area contributed by atoms with Crippen LogP contribution in [-0.4, -0.2) is 29.1 Å². The van der Waals surface area contributed by atoms with Crippen molar-refractivity contribution in [3.63, 3.8) is 0 Å². The summed E-state index contributed by atoms with van der Waals surface area (Å²) in [5.41, 5.74) is 2.05. The van der Waals surface area contributed by atoms with E-state index in [2.05, 4.69) is 0 Å². The van der Waals surface area contributed by atoms with Crippen LogP contribution in [0.2, 0.25) is 0 Å². The maximum Gasteiger partial charge on any atom is 0.343 e. The number of anilines is 1. The van der Waals surface area contributed by atoms with Crippen molar-refractivity contribution in [1.82, 2.24) is 4.57 Å². The van der Waals surface area contributed by atoms with Crippen molar-refractivity contribution in [3.8, 4) is 12.0 Å². The second kappa shape index (κ2) is 7.32. The minimum Gasteiger partial charge on any atom is -0.449 e. The summed E-state index contributed by atoms with van der Waals surface area (Å²) < 4.78 is 12.7. The highest BCUT2D eigenvalue weighted by Crippen LogP contribution is 2.29. The Hall–Kier alpha value is -3.79. The van der Waals surface area contributed by atoms with Crippen LogP contribution in [-0.2, 0) is 16.0 Å². The van der Waals surface area contributed by atoms with Gasteiger partial charge < -0.3 is 14.1 Å². The summed E-state index contributed by atoms with van der Waals surface area (Å²) in [5, 5.41) is 9.58. The van der Waals surface area contributed by atoms with E-state index in [1.54, 1.807) is 40.9 Å². The molecule has 0 bridgehead atoms. The Balaban J connectivity index is 1.56. The third-order valence-corrected chi connectivity index (χ3v) is 5.01. The quantitative estimate of drug-likeness (QED) is 0.638. The normalized spacial score (nSPS) is 13.6. The van der Waals surface area contributed by atoms with Gasteiger partial charge in [0.05, 0.1) is 0 Å². The SMILES string of the molecule is Cc1oc(-n2cccc2)c(C#N)c1C(=O)O[C@H](C)C(=O)N1CCc2ccccc21. The average molecular weight is 389 g/mol. The maximum atomic E-state index is 12.9. The molecule has 1 aliphatic rings. The fraction of sp³-hybridized carbons (Fsp3) is 0.227. The standard InChI is InChI=1S/C22H19N3O4/c1-14-19(17(13-23)21(28-14)24-10-5-6-11-24)22(27)29-15(2)20(26)25-12-9-16-7-3-4-8-18(16)25/h3-8,10-11,15H,9,12H2,1-2H3/t15-/m1/s1. The van der Waals surface area contributed by atoms with Crippen LogP contribution < -0.4 is 4.90 Å². The molecule has 0 N–H and O–H groups in total. The Morgan fingerprint density at radius 3 is 2.66 bits per heavy atom. The van der Waals surface area contributed by atoms with E-state index in [9.17, 15) is 14.9 Å². The molecule has 0 unspecified atom stereocenters. The number of carbonyl (C=O) groups is 2. The molecule has 2 aromatic heterocycles. The minimum absolute atomic E-state index is 0.0395. The molecule has 1 amide bonds. The Kier molecular flexibility index (Phi) is 4.69. The third kappa shape index (κ3) is 3.19. The molecule has 7 nitrogen and oxygen atoms in total. The summed E-state index contributed by atoms with van der Waals surface area (Å²) in [4.78, 5) is 27.3. The Labute approximate surface area is 167 Å². The zero-order chi connectivity index (χ0) is 20.5. The molecule has 3 heterocycles. The van der Waals surface area contributed by atoms with E-state index in [4.69, 9.17) is 9.15 Å². The van der Waals surface area contributed by atoms with Crippen LogP contribution in [0.5, 0.6) is 0 Å². The number of amides is 1. The lowest BCUT2D eigenvalue weighted by atomic mass is 10.1. The van der Waals surface area contributed by atoms with Crippen molar-refractivity contribution in [2.45, 2.75) is 26.4 Å². The molecule has 0 fully saturated rings. The van der Waals surface area contributed by atoms with Gasteiger partial charge in [0.2, 0.25) is 5.88 Å². The molecule has 1 atom stereocenters. The highest BCUT2D eigenvalue weighted by atomic mass is 16.5. The molecule has 1 aliphatic heterocycles. The topological polar surface area (TPSA) is 88.5 Å². The number of benzene rings is 1. The Morgan fingerprint density at radius 1 is 1.21 bits per heavy atom. The summed E-state index contributed by atoms with van der Waals surface area (Å²) in [6.07, 6.45) is 3.20. The third-order valence-electron chi connectivity index (χ3n) is 5.01. The van der Waals surface area contributed by atoms with Gasteiger partial charge in [-0.2, -0.15) is 5.26 Å². The molecule has 29 heavy (non-hydrogen) atoms. The number of furan rings is 1. The van der Waals surface area contributed by atoms with Gasteiger partial charge >= 0.3 is 5.97 Å². The van der Waals surface area contributed by atoms with E-state index in [-0.39, 0.29) is 28.7 Å². The lowest BCUT2D eigenvalue weighted by Crippen LogP contribution is -2.39. The van der Waals surface area contributed by atoms with E-state index in [1.807, 2.05) is 30.3 Å². The predicted octanol–water partition coefficient (Wildman–Crippen LogP) is 3.39. The van der Waals surface area contributed by atoms with Crippen molar-refractivity contribution < 1.29 is 18.7 Å². The summed E-state index contributed by atoms with van der Waals surface area (Å²) in [6, 6.07) is 13.3. The first-order valence-corrected chi connectivity index (χ1v) is 9.28. The van der Waals surface area contributed by atoms with Crippen LogP contribution in [0, 0.1) is 18.3 Å². The number of ether oxygens (including phenoxy) is 1. The number of esters is 1. The number of rotatable bonds is 4. The molecule has 0 spiro atoms. The van der Waals surface area contributed by atoms with Crippen molar-refractivity contribution in [2.75, 3.05) is 11.4 Å². The number of aromatic nitrogens is 1. The molecule has 0 radical (unpaired) electrons. The molecule has 0 saturated carbocycles. The summed E-state index contributed by atoms with van der Waals surface area (Å²) in [5.74, 6) is -0.543. The van der Waals surface area contributed by atoms with Gasteiger partial charge in [0.15, 0.2) is 6.10 Å². The van der Waals surface area contributed by atoms with E-state index in [0.717, 1.165) is 17.7 Å². The van der Waals surface area contributed by atoms with Gasteiger partial charge in [-0.05, 0) is 44.0 Å². The van der Waals surface area contributed by atoms with Crippen LogP contribution in [0.4, 0.5) is 5.69 Å². The zero-order valence-electron chi connectivity index (χ0n) is 16.1. The van der Waals surface area contributed by atoms with E-state index in [1.165, 1.54) is 6.92 Å². The van der Waals surface area contributed by atoms with Crippen molar-refractivity contribution in [3.05, 3.63) is 71.2 Å². The van der Waals surface area contributed by atoms with Gasteiger partial charge in [-0.3, -0.25) is 9.36 Å². The molecular formula is C22H19N3O4. The van der Waals surface area contributed by atoms with Crippen molar-refractivity contribution in [1.29, 1.82) is 5.26 Å². The monoisotopic (exact) mass is 389 g/mol. The summed E-state index contributed by atoms with van der Waals surface area (Å²) in [7, 11) is 0. The first-order chi connectivity index (χ1) is 14.0. The summed E-state index contributed by atoms with van der Waals surface area (Å²) in [6.45, 7) is 3.68. The van der Waals surface area contributed by atoms with Crippen LogP contribution >= 0.6 is 0 Å². The number of carbonyl (C=O) groups excluding carboxylic acids is 2. The van der Waals surface area contributed by atoms with Crippen LogP contribution in [0.3, 0.4) is 0 Å². The van der Waals surface area contributed by atoms with Gasteiger partial charge in [0.1, 0.15) is 23.0 Å². The van der Waals surface area contributed by atoms with Gasteiger partial charge in [-0.1, -0.05) is 18.2 Å². The first-order valence-electron chi connectivity index (χ1n) is 9.28. The molecule has 3 aromatic rings. The molecule has 4 rings (SSSR count). The lowest BCUT2D eigenvalue weighted by Gasteiger charge is -2.21. The van der Waals surface area contributed by atoms with Gasteiger partial charge in [-0.15, -0.1) is 0 Å². The van der Waals surface area contributed by atoms with Gasteiger partial charge in [-0.25, -0.2) is 4.79 Å². The number of hydrogen-bond donors (Lipinski definition) is 0. The second-order valence-corrected chi connectivity index (χ2v) is 6.83. The lowest BCUT2D eigenvalue weighted by molar-refractivity contribution is -0.126. The number of nitriles is 1. The fourth-order valence-electron chi connectivity index (χ4n) is 3.59. The first kappa shape index (κ1) is 18.6. The number of fused-ring (bicyclic) bond motifs is 1. The molecule has 7 heteroatoms. The molecule has 146 valence electrons. The second-order valence-electron chi connectivity index (χ2n) is 6.83. The number of hydrogen-bond acceptors (Lipinski definition) is 5. The largest absolute Gasteiger partial charge is 0.449 e. The number of aryl methyl sites for hydroxylation is 1. The highest BCUT2D eigenvalue weighted by molar-refractivity contribution is 6.01. The summed E-state index contributed by atoms with van der Waals surface area (Å²) >= 11 is 0. The van der Waals surface area contributed by atoms with E-state index in [0.29, 0.717) is 6.54 Å². The smallest absolute Gasteiger partial charge is 0.343 e. The number of para-hydroxylation sites is 1. The van der Waals surface area contributed by atoms with Crippen molar-refractivity contribution in [2.24, 2.45) is 0 Å². The number of nitrogens with zero attached hydrogens (tertiary/aromatic N) is 3. The van der Waals surface area contributed by atoms with Gasteiger partial charge in [0, 0.05) is 24.6 Å². The zero-order valence-corrected chi connectivity index (χ0v) is 16.1. The molecule has 0 aliphatic carbocycles. The maximum absolute atomic E-state index is 12.9. The fourth-order valence-corrected chi connectivity index (χ4v) is 3.59. The van der Waals surface area contributed by atoms with Crippen LogP contribution in [0.1, 0.15) is 34.2 Å². The van der Waals surface area contributed by atoms with E-state index < -0.39 is 12.1 Å². The van der Waals surface area contributed by atoms with Crippen molar-refractivity contribution >= 4 is 17.6 Å². The van der Waals surface area contributed by atoms with Crippen LogP contribution in [0.25, 0.3) is 5.88 Å². The van der Waals surface area contributed by atoms with Gasteiger partial charge in [0.25, 0.3) is 5.91 Å². The minimum atomic E-state index is -0.996. The molecule has 1 aromatic carbocycles.